The number of aliphatic hydroxyl groups is 1. The second kappa shape index (κ2) is 11.8. The van der Waals surface area contributed by atoms with E-state index in [1.807, 2.05) is 30.3 Å². The number of carbonyl (C=O) groups is 4. The van der Waals surface area contributed by atoms with Crippen LogP contribution in [0.3, 0.4) is 0 Å². The minimum Gasteiger partial charge on any atom is -0.391 e. The number of amides is 4. The van der Waals surface area contributed by atoms with Crippen LogP contribution in [-0.4, -0.2) is 56.9 Å². The zero-order chi connectivity index (χ0) is 27.4. The summed E-state index contributed by atoms with van der Waals surface area (Å²) in [6, 6.07) is 5.66. The van der Waals surface area contributed by atoms with Crippen LogP contribution in [0.25, 0.3) is 0 Å². The van der Waals surface area contributed by atoms with Crippen LogP contribution in [0, 0.1) is 0 Å². The van der Waals surface area contributed by atoms with E-state index in [2.05, 4.69) is 31.2 Å². The first-order chi connectivity index (χ1) is 18.1. The van der Waals surface area contributed by atoms with E-state index in [9.17, 15) is 24.3 Å². The zero-order valence-corrected chi connectivity index (χ0v) is 22.6. The summed E-state index contributed by atoms with van der Waals surface area (Å²) in [6.07, 6.45) is -1.08. The highest BCUT2D eigenvalue weighted by Crippen LogP contribution is 2.21. The van der Waals surface area contributed by atoms with Gasteiger partial charge in [0, 0.05) is 17.2 Å². The van der Waals surface area contributed by atoms with Gasteiger partial charge in [-0.3, -0.25) is 19.2 Å². The maximum Gasteiger partial charge on any atom is 0.271 e. The van der Waals surface area contributed by atoms with Crippen LogP contribution in [-0.2, 0) is 16.0 Å². The molecule has 3 heterocycles. The number of thiazole rings is 2. The Morgan fingerprint density at radius 3 is 1.95 bits per heavy atom. The molecule has 4 bridgehead atoms. The average Bonchev–Trinajstić information content (AvgIpc) is 3.57. The second-order valence-corrected chi connectivity index (χ2v) is 10.8. The SMILES string of the molecule is CC1NC(=O)c2csc(n2)C(C)NC(=O)C(C(C)O)NC(=O)C(Cc2ccccc2)NC(=O)c2csc1n2. The molecule has 3 aromatic rings. The first-order valence-electron chi connectivity index (χ1n) is 12.0. The summed E-state index contributed by atoms with van der Waals surface area (Å²) in [6.45, 7) is 4.82. The van der Waals surface area contributed by atoms with Crippen LogP contribution >= 0.6 is 22.7 Å². The molecule has 0 fully saturated rings. The number of rotatable bonds is 3. The molecule has 0 saturated heterocycles. The lowest BCUT2D eigenvalue weighted by Gasteiger charge is -2.25. The minimum atomic E-state index is -1.30. The van der Waals surface area contributed by atoms with E-state index in [0.29, 0.717) is 10.0 Å². The van der Waals surface area contributed by atoms with Gasteiger partial charge in [0.15, 0.2) is 0 Å². The molecule has 0 spiro atoms. The van der Waals surface area contributed by atoms with E-state index in [0.717, 1.165) is 5.56 Å². The van der Waals surface area contributed by atoms with Gasteiger partial charge < -0.3 is 26.4 Å². The number of hydrogen-bond acceptors (Lipinski definition) is 9. The number of nitrogens with one attached hydrogen (secondary N) is 4. The van der Waals surface area contributed by atoms with Crippen molar-refractivity contribution in [1.29, 1.82) is 0 Å². The third kappa shape index (κ3) is 6.41. The number of carbonyl (C=O) groups excluding carboxylic acids is 4. The average molecular weight is 557 g/mol. The fourth-order valence-corrected chi connectivity index (χ4v) is 5.44. The molecular weight excluding hydrogens is 528 g/mol. The molecule has 5 unspecified atom stereocenters. The highest BCUT2D eigenvalue weighted by Gasteiger charge is 2.32. The molecule has 5 atom stereocenters. The number of benzene rings is 1. The minimum absolute atomic E-state index is 0.0904. The molecule has 4 rings (SSSR count). The molecule has 5 N–H and O–H groups in total. The first kappa shape index (κ1) is 27.4. The van der Waals surface area contributed by atoms with Crippen molar-refractivity contribution in [1.82, 2.24) is 31.2 Å². The Bertz CT molecular complexity index is 1320. The van der Waals surface area contributed by atoms with Crippen LogP contribution in [0.5, 0.6) is 0 Å². The van der Waals surface area contributed by atoms with Gasteiger partial charge in [-0.1, -0.05) is 30.3 Å². The van der Waals surface area contributed by atoms with Crippen molar-refractivity contribution in [2.24, 2.45) is 0 Å². The van der Waals surface area contributed by atoms with Crippen LogP contribution in [0.2, 0.25) is 0 Å². The quantitative estimate of drug-likeness (QED) is 0.326. The van der Waals surface area contributed by atoms with Crippen molar-refractivity contribution >= 4 is 46.3 Å². The van der Waals surface area contributed by atoms with Gasteiger partial charge in [0.2, 0.25) is 11.8 Å². The normalized spacial score (nSPS) is 23.8. The molecule has 38 heavy (non-hydrogen) atoms. The van der Waals surface area contributed by atoms with Gasteiger partial charge in [-0.25, -0.2) is 9.97 Å². The van der Waals surface area contributed by atoms with Gasteiger partial charge in [-0.15, -0.1) is 22.7 Å². The van der Waals surface area contributed by atoms with Crippen LogP contribution in [0.4, 0.5) is 0 Å². The molecule has 13 heteroatoms. The predicted octanol–water partition coefficient (Wildman–Crippen LogP) is 1.49. The lowest BCUT2D eigenvalue weighted by Crippen LogP contribution is -2.57. The number of hydrogen-bond donors (Lipinski definition) is 5. The van der Waals surface area contributed by atoms with Gasteiger partial charge in [-0.05, 0) is 26.3 Å². The van der Waals surface area contributed by atoms with E-state index in [1.165, 1.54) is 29.6 Å². The van der Waals surface area contributed by atoms with E-state index in [-0.39, 0.29) is 17.8 Å². The zero-order valence-electron chi connectivity index (χ0n) is 20.9. The summed E-state index contributed by atoms with van der Waals surface area (Å²) >= 11 is 2.41. The standard InChI is InChI=1S/C25H28N6O5S2/c1-12-24-30-18(11-38-24)22(35)28-16(9-15-7-5-4-6-8-15)20(33)31-19(14(3)32)23(36)27-13(2)25-29-17(10-37-25)21(34)26-12/h4-8,10-14,16,19,32H,9H2,1-3H3,(H,26,34)(H,27,36)(H,28,35)(H,31,33). The number of aliphatic hydroxyl groups excluding tert-OH is 1. The summed E-state index contributed by atoms with van der Waals surface area (Å²) in [4.78, 5) is 61.0. The Morgan fingerprint density at radius 1 is 0.816 bits per heavy atom. The Labute approximate surface area is 227 Å². The third-order valence-electron chi connectivity index (χ3n) is 5.92. The van der Waals surface area contributed by atoms with E-state index < -0.39 is 53.9 Å². The molecular formula is C25H28N6O5S2. The Hall–Kier alpha value is -3.68. The molecule has 0 radical (unpaired) electrons. The highest BCUT2D eigenvalue weighted by atomic mass is 32.1. The van der Waals surface area contributed by atoms with Crippen LogP contribution < -0.4 is 21.3 Å². The number of aromatic nitrogens is 2. The van der Waals surface area contributed by atoms with E-state index in [1.54, 1.807) is 24.6 Å². The van der Waals surface area contributed by atoms with Crippen molar-refractivity contribution in [3.63, 3.8) is 0 Å². The molecule has 11 nitrogen and oxygen atoms in total. The molecule has 0 aliphatic carbocycles. The van der Waals surface area contributed by atoms with Gasteiger partial charge in [0.05, 0.1) is 18.2 Å². The largest absolute Gasteiger partial charge is 0.391 e. The summed E-state index contributed by atoms with van der Waals surface area (Å²) in [5.74, 6) is -2.27. The summed E-state index contributed by atoms with van der Waals surface area (Å²) in [7, 11) is 0. The topological polar surface area (TPSA) is 162 Å². The van der Waals surface area contributed by atoms with E-state index >= 15 is 0 Å². The van der Waals surface area contributed by atoms with Crippen molar-refractivity contribution in [3.8, 4) is 0 Å². The predicted molar refractivity (Wildman–Crippen MR) is 142 cm³/mol. The van der Waals surface area contributed by atoms with Gasteiger partial charge in [0.25, 0.3) is 11.8 Å². The molecule has 1 aromatic carbocycles. The Kier molecular flexibility index (Phi) is 8.49. The molecule has 1 aliphatic heterocycles. The lowest BCUT2D eigenvalue weighted by molar-refractivity contribution is -0.132. The highest BCUT2D eigenvalue weighted by molar-refractivity contribution is 7.10. The van der Waals surface area contributed by atoms with Crippen molar-refractivity contribution < 1.29 is 24.3 Å². The van der Waals surface area contributed by atoms with E-state index in [4.69, 9.17) is 0 Å². The van der Waals surface area contributed by atoms with Gasteiger partial charge in [0.1, 0.15) is 33.5 Å². The van der Waals surface area contributed by atoms with Gasteiger partial charge in [-0.2, -0.15) is 0 Å². The maximum atomic E-state index is 13.4. The Balaban J connectivity index is 1.68. The van der Waals surface area contributed by atoms with Crippen molar-refractivity contribution in [2.45, 2.75) is 57.5 Å². The lowest BCUT2D eigenvalue weighted by atomic mass is 10.0. The molecule has 4 amide bonds. The summed E-state index contributed by atoms with van der Waals surface area (Å²) in [5.41, 5.74) is 1.06. The monoisotopic (exact) mass is 556 g/mol. The summed E-state index contributed by atoms with van der Waals surface area (Å²) in [5, 5.41) is 25.3. The third-order valence-corrected chi connectivity index (χ3v) is 7.98. The number of nitrogens with zero attached hydrogens (tertiary/aromatic N) is 2. The first-order valence-corrected chi connectivity index (χ1v) is 13.7. The van der Waals surface area contributed by atoms with Crippen LogP contribution in [0.15, 0.2) is 41.1 Å². The fourth-order valence-electron chi connectivity index (χ4n) is 3.83. The van der Waals surface area contributed by atoms with Crippen molar-refractivity contribution in [2.75, 3.05) is 0 Å². The Morgan fingerprint density at radius 2 is 1.37 bits per heavy atom. The molecule has 200 valence electrons. The molecule has 0 saturated carbocycles. The van der Waals surface area contributed by atoms with Gasteiger partial charge >= 0.3 is 0 Å². The smallest absolute Gasteiger partial charge is 0.271 e. The van der Waals surface area contributed by atoms with Crippen LogP contribution in [0.1, 0.15) is 69.4 Å². The molecule has 1 aliphatic rings. The molecule has 2 aromatic heterocycles. The van der Waals surface area contributed by atoms with Crippen molar-refractivity contribution in [3.05, 3.63) is 68.1 Å². The number of fused-ring (bicyclic) bond motifs is 4. The summed E-state index contributed by atoms with van der Waals surface area (Å²) < 4.78 is 0. The fraction of sp³-hybridized carbons (Fsp3) is 0.360. The second-order valence-electron chi connectivity index (χ2n) is 9.01. The maximum absolute atomic E-state index is 13.4.